The van der Waals surface area contributed by atoms with E-state index in [0.717, 1.165) is 5.56 Å². The SMILES string of the molecule is COc1ccc(C2C(C#N)=C(N)OC3=C2C(=O)C=CC3)cc1. The number of hydrogen-bond acceptors (Lipinski definition) is 5. The van der Waals surface area contributed by atoms with Gasteiger partial charge in [0.15, 0.2) is 5.78 Å². The molecule has 1 atom stereocenters. The van der Waals surface area contributed by atoms with E-state index >= 15 is 0 Å². The van der Waals surface area contributed by atoms with Crippen molar-refractivity contribution in [3.63, 3.8) is 0 Å². The molecule has 5 nitrogen and oxygen atoms in total. The van der Waals surface area contributed by atoms with Crippen LogP contribution in [0.5, 0.6) is 5.75 Å². The van der Waals surface area contributed by atoms with Gasteiger partial charge in [0.1, 0.15) is 23.2 Å². The predicted octanol–water partition coefficient (Wildman–Crippen LogP) is 2.29. The number of rotatable bonds is 2. The Labute approximate surface area is 127 Å². The van der Waals surface area contributed by atoms with Crippen LogP contribution in [0, 0.1) is 11.3 Å². The van der Waals surface area contributed by atoms with Crippen molar-refractivity contribution in [3.8, 4) is 11.8 Å². The Hall–Kier alpha value is -3.00. The Kier molecular flexibility index (Phi) is 3.43. The molecule has 1 aliphatic carbocycles. The fourth-order valence-corrected chi connectivity index (χ4v) is 2.73. The number of carbonyl (C=O) groups excluding carboxylic acids is 1. The summed E-state index contributed by atoms with van der Waals surface area (Å²) in [5.74, 6) is 0.629. The van der Waals surface area contributed by atoms with Crippen LogP contribution in [0.2, 0.25) is 0 Å². The summed E-state index contributed by atoms with van der Waals surface area (Å²) in [6.07, 6.45) is 3.74. The third-order valence-electron chi connectivity index (χ3n) is 3.78. The number of allylic oxidation sites excluding steroid dienone is 4. The maximum atomic E-state index is 12.3. The van der Waals surface area contributed by atoms with Crippen LogP contribution in [0.25, 0.3) is 0 Å². The smallest absolute Gasteiger partial charge is 0.205 e. The standard InChI is InChI=1S/C17H14N2O3/c1-21-11-7-5-10(6-8-11)15-12(9-18)17(19)22-14-4-2-3-13(20)16(14)15/h2-3,5-8,15H,4,19H2,1H3. The number of ether oxygens (including phenoxy) is 2. The number of methoxy groups -OCH3 is 1. The lowest BCUT2D eigenvalue weighted by Gasteiger charge is -2.29. The van der Waals surface area contributed by atoms with Crippen LogP contribution < -0.4 is 10.5 Å². The van der Waals surface area contributed by atoms with Gasteiger partial charge in [-0.3, -0.25) is 4.79 Å². The highest BCUT2D eigenvalue weighted by Crippen LogP contribution is 2.42. The van der Waals surface area contributed by atoms with Crippen LogP contribution >= 0.6 is 0 Å². The average molecular weight is 294 g/mol. The molecule has 1 unspecified atom stereocenters. The van der Waals surface area contributed by atoms with Gasteiger partial charge in [0, 0.05) is 6.42 Å². The molecule has 1 aromatic carbocycles. The van der Waals surface area contributed by atoms with Gasteiger partial charge in [0.25, 0.3) is 0 Å². The van der Waals surface area contributed by atoms with Crippen LogP contribution in [-0.2, 0) is 9.53 Å². The molecule has 2 N–H and O–H groups in total. The van der Waals surface area contributed by atoms with Gasteiger partial charge in [-0.2, -0.15) is 5.26 Å². The molecule has 0 saturated carbocycles. The number of nitrogens with zero attached hydrogens (tertiary/aromatic N) is 1. The monoisotopic (exact) mass is 294 g/mol. The van der Waals surface area contributed by atoms with Crippen molar-refractivity contribution in [1.82, 2.24) is 0 Å². The minimum atomic E-state index is -0.503. The fraction of sp³-hybridized carbons (Fsp3) is 0.176. The second-order valence-corrected chi connectivity index (χ2v) is 5.01. The molecule has 1 aromatic rings. The van der Waals surface area contributed by atoms with Crippen molar-refractivity contribution < 1.29 is 14.3 Å². The highest BCUT2D eigenvalue weighted by Gasteiger charge is 2.36. The van der Waals surface area contributed by atoms with Gasteiger partial charge in [-0.1, -0.05) is 18.2 Å². The largest absolute Gasteiger partial charge is 0.497 e. The first kappa shape index (κ1) is 14.0. The minimum Gasteiger partial charge on any atom is -0.497 e. The van der Waals surface area contributed by atoms with Crippen LogP contribution in [0.3, 0.4) is 0 Å². The molecule has 5 heteroatoms. The fourth-order valence-electron chi connectivity index (χ4n) is 2.73. The van der Waals surface area contributed by atoms with E-state index in [1.807, 2.05) is 12.1 Å². The summed E-state index contributed by atoms with van der Waals surface area (Å²) in [7, 11) is 1.58. The van der Waals surface area contributed by atoms with E-state index < -0.39 is 5.92 Å². The van der Waals surface area contributed by atoms with Crippen LogP contribution in [-0.4, -0.2) is 12.9 Å². The Balaban J connectivity index is 2.13. The maximum absolute atomic E-state index is 12.3. The second-order valence-electron chi connectivity index (χ2n) is 5.01. The number of nitrogens with two attached hydrogens (primary N) is 1. The summed E-state index contributed by atoms with van der Waals surface area (Å²) in [6.45, 7) is 0. The molecule has 0 saturated heterocycles. The highest BCUT2D eigenvalue weighted by molar-refractivity contribution is 6.07. The first-order valence-corrected chi connectivity index (χ1v) is 6.81. The lowest BCUT2D eigenvalue weighted by Crippen LogP contribution is -2.25. The molecule has 0 bridgehead atoms. The van der Waals surface area contributed by atoms with Crippen LogP contribution in [0.4, 0.5) is 0 Å². The van der Waals surface area contributed by atoms with E-state index in [2.05, 4.69) is 6.07 Å². The number of nitriles is 1. The molecule has 0 fully saturated rings. The molecular weight excluding hydrogens is 280 g/mol. The van der Waals surface area contributed by atoms with Crippen molar-refractivity contribution in [2.45, 2.75) is 12.3 Å². The zero-order valence-electron chi connectivity index (χ0n) is 12.0. The summed E-state index contributed by atoms with van der Waals surface area (Å²) in [4.78, 5) is 12.3. The summed E-state index contributed by atoms with van der Waals surface area (Å²) in [5.41, 5.74) is 7.41. The van der Waals surface area contributed by atoms with Crippen molar-refractivity contribution in [1.29, 1.82) is 5.26 Å². The van der Waals surface area contributed by atoms with E-state index in [9.17, 15) is 10.1 Å². The van der Waals surface area contributed by atoms with Gasteiger partial charge >= 0.3 is 0 Å². The van der Waals surface area contributed by atoms with E-state index in [-0.39, 0.29) is 17.2 Å². The average Bonchev–Trinajstić information content (AvgIpc) is 2.54. The van der Waals surface area contributed by atoms with Crippen molar-refractivity contribution >= 4 is 5.78 Å². The van der Waals surface area contributed by atoms with Crippen molar-refractivity contribution in [2.75, 3.05) is 7.11 Å². The molecule has 22 heavy (non-hydrogen) atoms. The molecule has 0 radical (unpaired) electrons. The molecule has 0 aromatic heterocycles. The van der Waals surface area contributed by atoms with E-state index in [1.165, 1.54) is 6.08 Å². The summed E-state index contributed by atoms with van der Waals surface area (Å²) < 4.78 is 10.6. The topological polar surface area (TPSA) is 85.3 Å². The summed E-state index contributed by atoms with van der Waals surface area (Å²) in [6, 6.07) is 9.31. The molecule has 0 amide bonds. The Morgan fingerprint density at radius 1 is 1.36 bits per heavy atom. The zero-order valence-corrected chi connectivity index (χ0v) is 12.0. The Bertz CT molecular complexity index is 764. The van der Waals surface area contributed by atoms with Gasteiger partial charge in [0.2, 0.25) is 5.88 Å². The van der Waals surface area contributed by atoms with Gasteiger partial charge < -0.3 is 15.2 Å². The summed E-state index contributed by atoms with van der Waals surface area (Å²) in [5, 5.41) is 9.43. The Morgan fingerprint density at radius 2 is 2.09 bits per heavy atom. The van der Waals surface area contributed by atoms with Gasteiger partial charge in [-0.25, -0.2) is 0 Å². The third kappa shape index (κ3) is 2.15. The molecule has 0 spiro atoms. The van der Waals surface area contributed by atoms with Gasteiger partial charge in [0.05, 0.1) is 18.6 Å². The summed E-state index contributed by atoms with van der Waals surface area (Å²) >= 11 is 0. The third-order valence-corrected chi connectivity index (χ3v) is 3.78. The van der Waals surface area contributed by atoms with Crippen molar-refractivity contribution in [2.24, 2.45) is 5.73 Å². The number of benzene rings is 1. The highest BCUT2D eigenvalue weighted by atomic mass is 16.5. The van der Waals surface area contributed by atoms with E-state index in [4.69, 9.17) is 15.2 Å². The van der Waals surface area contributed by atoms with Crippen LogP contribution in [0.15, 0.2) is 59.2 Å². The molecule has 1 heterocycles. The van der Waals surface area contributed by atoms with Gasteiger partial charge in [-0.05, 0) is 23.8 Å². The maximum Gasteiger partial charge on any atom is 0.205 e. The van der Waals surface area contributed by atoms with Gasteiger partial charge in [-0.15, -0.1) is 0 Å². The zero-order chi connectivity index (χ0) is 15.7. The van der Waals surface area contributed by atoms with Crippen LogP contribution in [0.1, 0.15) is 17.9 Å². The lowest BCUT2D eigenvalue weighted by molar-refractivity contribution is -0.112. The van der Waals surface area contributed by atoms with E-state index in [0.29, 0.717) is 23.5 Å². The molecule has 110 valence electrons. The quantitative estimate of drug-likeness (QED) is 0.904. The lowest BCUT2D eigenvalue weighted by atomic mass is 9.79. The molecule has 2 aliphatic rings. The normalized spacial score (nSPS) is 20.4. The Morgan fingerprint density at radius 3 is 2.73 bits per heavy atom. The number of hydrogen-bond donors (Lipinski definition) is 1. The minimum absolute atomic E-state index is 0.0603. The molecule has 1 aliphatic heterocycles. The second kappa shape index (κ2) is 5.41. The number of ketones is 1. The molecule has 3 rings (SSSR count). The number of carbonyl (C=O) groups is 1. The predicted molar refractivity (Wildman–Crippen MR) is 79.4 cm³/mol. The van der Waals surface area contributed by atoms with E-state index in [1.54, 1.807) is 25.3 Å². The first-order valence-electron chi connectivity index (χ1n) is 6.81. The first-order chi connectivity index (χ1) is 10.7. The van der Waals surface area contributed by atoms with Crippen molar-refractivity contribution in [3.05, 3.63) is 64.8 Å². The molecular formula is C17H14N2O3.